The summed E-state index contributed by atoms with van der Waals surface area (Å²) in [5.41, 5.74) is 5.63. The smallest absolute Gasteiger partial charge is 0.252 e. The Morgan fingerprint density at radius 2 is 1.40 bits per heavy atom. The van der Waals surface area contributed by atoms with Crippen LogP contribution in [0.5, 0.6) is 0 Å². The summed E-state index contributed by atoms with van der Waals surface area (Å²) >= 11 is 2.21. The number of hydrazone groups is 1. The lowest BCUT2D eigenvalue weighted by atomic mass is 9.91. The molecular weight excluding hydrogens is 489 g/mol. The van der Waals surface area contributed by atoms with Crippen LogP contribution in [0, 0.1) is 3.57 Å². The normalized spacial score (nSPS) is 11.2. The zero-order chi connectivity index (χ0) is 21.3. The number of carbonyl (C=O) groups excluding carboxylic acids is 2. The van der Waals surface area contributed by atoms with E-state index in [0.29, 0.717) is 5.71 Å². The minimum absolute atomic E-state index is 0.0909. The van der Waals surface area contributed by atoms with Crippen molar-refractivity contribution in [2.75, 3.05) is 5.32 Å². The summed E-state index contributed by atoms with van der Waals surface area (Å²) in [7, 11) is 0. The van der Waals surface area contributed by atoms with Crippen LogP contribution in [0.25, 0.3) is 0 Å². The van der Waals surface area contributed by atoms with Gasteiger partial charge in [-0.25, -0.2) is 5.43 Å². The summed E-state index contributed by atoms with van der Waals surface area (Å²) in [6.07, 6.45) is 0.0909. The Hall–Kier alpha value is -3.00. The van der Waals surface area contributed by atoms with E-state index in [1.165, 1.54) is 0 Å². The monoisotopic (exact) mass is 511 g/mol. The van der Waals surface area contributed by atoms with E-state index in [-0.39, 0.29) is 18.2 Å². The maximum Gasteiger partial charge on any atom is 0.252 e. The Morgan fingerprint density at radius 3 is 1.93 bits per heavy atom. The van der Waals surface area contributed by atoms with Gasteiger partial charge in [-0.3, -0.25) is 9.59 Å². The topological polar surface area (TPSA) is 70.6 Å². The fourth-order valence-corrected chi connectivity index (χ4v) is 3.37. The molecule has 5 nitrogen and oxygen atoms in total. The molecule has 0 aliphatic heterocycles. The third kappa shape index (κ3) is 6.25. The largest absolute Gasteiger partial charge is 0.326 e. The van der Waals surface area contributed by atoms with Crippen molar-refractivity contribution in [2.24, 2.45) is 5.10 Å². The van der Waals surface area contributed by atoms with Crippen LogP contribution in [0.3, 0.4) is 0 Å². The molecule has 0 saturated carbocycles. The van der Waals surface area contributed by atoms with E-state index < -0.39 is 5.92 Å². The lowest BCUT2D eigenvalue weighted by Crippen LogP contribution is -2.27. The molecule has 0 bridgehead atoms. The zero-order valence-electron chi connectivity index (χ0n) is 16.5. The number of amides is 2. The molecule has 0 heterocycles. The molecule has 0 aromatic heterocycles. The third-order valence-corrected chi connectivity index (χ3v) is 5.15. The minimum atomic E-state index is -0.482. The van der Waals surface area contributed by atoms with Gasteiger partial charge in [0.25, 0.3) is 5.91 Å². The molecular formula is C24H22IN3O2. The predicted molar refractivity (Wildman–Crippen MR) is 128 cm³/mol. The molecule has 0 spiro atoms. The molecule has 0 saturated heterocycles. The molecule has 3 aromatic rings. The molecule has 3 aromatic carbocycles. The first-order chi connectivity index (χ1) is 14.5. The standard InChI is InChI=1S/C24H22IN3O2/c1-17(16-22(29)26-21-14-12-20(25)13-15-21)27-28-24(30)23(18-8-4-2-5-9-18)19-10-6-3-7-11-19/h2-15,23H,16H2,1H3,(H,26,29)(H,28,30)/b27-17+. The van der Waals surface area contributed by atoms with Gasteiger partial charge in [-0.1, -0.05) is 60.7 Å². The van der Waals surface area contributed by atoms with Crippen molar-refractivity contribution in [3.8, 4) is 0 Å². The molecule has 0 unspecified atom stereocenters. The van der Waals surface area contributed by atoms with E-state index in [1.54, 1.807) is 6.92 Å². The van der Waals surface area contributed by atoms with Crippen LogP contribution in [0.4, 0.5) is 5.69 Å². The van der Waals surface area contributed by atoms with Crippen molar-refractivity contribution in [1.29, 1.82) is 0 Å². The van der Waals surface area contributed by atoms with Gasteiger partial charge in [0.1, 0.15) is 0 Å². The van der Waals surface area contributed by atoms with E-state index >= 15 is 0 Å². The number of carbonyl (C=O) groups is 2. The van der Waals surface area contributed by atoms with Crippen LogP contribution >= 0.6 is 22.6 Å². The van der Waals surface area contributed by atoms with Gasteiger partial charge in [-0.05, 0) is 64.9 Å². The van der Waals surface area contributed by atoms with Crippen LogP contribution in [-0.2, 0) is 9.59 Å². The Morgan fingerprint density at radius 1 is 0.867 bits per heavy atom. The number of halogens is 1. The maximum absolute atomic E-state index is 12.9. The Bertz CT molecular complexity index is 980. The molecule has 2 amide bonds. The minimum Gasteiger partial charge on any atom is -0.326 e. The fourth-order valence-electron chi connectivity index (χ4n) is 3.01. The SMILES string of the molecule is C/C(CC(=O)Nc1ccc(I)cc1)=N\NC(=O)C(c1ccccc1)c1ccccc1. The summed E-state index contributed by atoms with van der Waals surface area (Å²) in [6, 6.07) is 26.7. The molecule has 0 aliphatic rings. The number of hydrogen-bond acceptors (Lipinski definition) is 3. The van der Waals surface area contributed by atoms with Crippen LogP contribution in [0.15, 0.2) is 90.0 Å². The molecule has 0 aliphatic carbocycles. The molecule has 6 heteroatoms. The second-order valence-electron chi connectivity index (χ2n) is 6.81. The quantitative estimate of drug-likeness (QED) is 0.268. The van der Waals surface area contributed by atoms with Crippen molar-refractivity contribution in [2.45, 2.75) is 19.3 Å². The summed E-state index contributed by atoms with van der Waals surface area (Å²) < 4.78 is 1.09. The summed E-state index contributed by atoms with van der Waals surface area (Å²) in [5, 5.41) is 6.97. The molecule has 0 fully saturated rings. The molecule has 0 atom stereocenters. The average molecular weight is 511 g/mol. The van der Waals surface area contributed by atoms with Gasteiger partial charge in [0.05, 0.1) is 12.3 Å². The summed E-state index contributed by atoms with van der Waals surface area (Å²) in [5.74, 6) is -0.913. The van der Waals surface area contributed by atoms with Gasteiger partial charge >= 0.3 is 0 Å². The lowest BCUT2D eigenvalue weighted by molar-refractivity contribution is -0.121. The lowest BCUT2D eigenvalue weighted by Gasteiger charge is -2.16. The van der Waals surface area contributed by atoms with E-state index in [2.05, 4.69) is 38.4 Å². The molecule has 2 N–H and O–H groups in total. The van der Waals surface area contributed by atoms with Crippen molar-refractivity contribution in [1.82, 2.24) is 5.43 Å². The first-order valence-corrected chi connectivity index (χ1v) is 10.6. The van der Waals surface area contributed by atoms with Crippen LogP contribution < -0.4 is 10.7 Å². The predicted octanol–water partition coefficient (Wildman–Crippen LogP) is 4.94. The van der Waals surface area contributed by atoms with E-state index in [1.807, 2.05) is 84.9 Å². The summed E-state index contributed by atoms with van der Waals surface area (Å²) in [6.45, 7) is 1.72. The Balaban J connectivity index is 1.65. The molecule has 152 valence electrons. The van der Waals surface area contributed by atoms with E-state index in [9.17, 15) is 9.59 Å². The first-order valence-electron chi connectivity index (χ1n) is 9.51. The summed E-state index contributed by atoms with van der Waals surface area (Å²) in [4.78, 5) is 25.2. The number of nitrogens with zero attached hydrogens (tertiary/aromatic N) is 1. The van der Waals surface area contributed by atoms with Crippen molar-refractivity contribution in [3.05, 3.63) is 99.6 Å². The number of rotatable bonds is 7. The fraction of sp³-hybridized carbons (Fsp3) is 0.125. The number of benzene rings is 3. The van der Waals surface area contributed by atoms with Gasteiger partial charge in [0.15, 0.2) is 0 Å². The third-order valence-electron chi connectivity index (χ3n) is 4.43. The Kier molecular flexibility index (Phi) is 7.73. The number of nitrogens with one attached hydrogen (secondary N) is 2. The van der Waals surface area contributed by atoms with Gasteiger partial charge in [-0.2, -0.15) is 5.10 Å². The van der Waals surface area contributed by atoms with Crippen LogP contribution in [0.2, 0.25) is 0 Å². The molecule has 3 rings (SSSR count). The van der Waals surface area contributed by atoms with Crippen molar-refractivity contribution < 1.29 is 9.59 Å². The zero-order valence-corrected chi connectivity index (χ0v) is 18.7. The molecule has 30 heavy (non-hydrogen) atoms. The van der Waals surface area contributed by atoms with Gasteiger partial charge < -0.3 is 5.32 Å². The van der Waals surface area contributed by atoms with Crippen molar-refractivity contribution in [3.63, 3.8) is 0 Å². The Labute approximate surface area is 189 Å². The highest BCUT2D eigenvalue weighted by atomic mass is 127. The number of anilines is 1. The van der Waals surface area contributed by atoms with Gasteiger partial charge in [0, 0.05) is 15.0 Å². The van der Waals surface area contributed by atoms with Crippen LogP contribution in [0.1, 0.15) is 30.4 Å². The maximum atomic E-state index is 12.9. The first kappa shape index (κ1) is 21.7. The van der Waals surface area contributed by atoms with E-state index in [4.69, 9.17) is 0 Å². The highest BCUT2D eigenvalue weighted by molar-refractivity contribution is 14.1. The van der Waals surface area contributed by atoms with Crippen molar-refractivity contribution >= 4 is 45.8 Å². The molecule has 0 radical (unpaired) electrons. The second kappa shape index (κ2) is 10.7. The highest BCUT2D eigenvalue weighted by Gasteiger charge is 2.22. The van der Waals surface area contributed by atoms with E-state index in [0.717, 1.165) is 20.4 Å². The van der Waals surface area contributed by atoms with Crippen LogP contribution in [-0.4, -0.2) is 17.5 Å². The highest BCUT2D eigenvalue weighted by Crippen LogP contribution is 2.24. The average Bonchev–Trinajstić information content (AvgIpc) is 2.75. The van der Waals surface area contributed by atoms with Gasteiger partial charge in [-0.15, -0.1) is 0 Å². The number of hydrogen-bond donors (Lipinski definition) is 2. The van der Waals surface area contributed by atoms with Gasteiger partial charge in [0.2, 0.25) is 5.91 Å². The second-order valence-corrected chi connectivity index (χ2v) is 8.05.